The monoisotopic (exact) mass is 438 g/mol. The molecule has 3 N–H and O–H groups in total. The topological polar surface area (TPSA) is 121 Å². The predicted molar refractivity (Wildman–Crippen MR) is 121 cm³/mol. The first-order valence-corrected chi connectivity index (χ1v) is 10.4. The van der Waals surface area contributed by atoms with Gasteiger partial charge in [0.2, 0.25) is 5.95 Å². The lowest BCUT2D eigenvalue weighted by atomic mass is 10.1. The van der Waals surface area contributed by atoms with Crippen LogP contribution in [-0.2, 0) is 14.3 Å². The van der Waals surface area contributed by atoms with Gasteiger partial charge in [-0.05, 0) is 37.6 Å². The zero-order valence-electron chi connectivity index (χ0n) is 18.3. The molecular formula is C22H26N6O4. The van der Waals surface area contributed by atoms with Crippen LogP contribution in [0.3, 0.4) is 0 Å². The van der Waals surface area contributed by atoms with Crippen molar-refractivity contribution in [1.29, 1.82) is 0 Å². The molecule has 10 heteroatoms. The number of aromatic nitrogens is 3. The second kappa shape index (κ2) is 9.23. The Labute approximate surface area is 185 Å². The minimum absolute atomic E-state index is 0.0695. The minimum Gasteiger partial charge on any atom is -0.468 e. The molecule has 4 rings (SSSR count). The van der Waals surface area contributed by atoms with E-state index >= 15 is 0 Å². The molecule has 168 valence electrons. The third-order valence-corrected chi connectivity index (χ3v) is 5.45. The maximum atomic E-state index is 13.1. The summed E-state index contributed by atoms with van der Waals surface area (Å²) in [5, 5.41) is 6.87. The molecule has 0 spiro atoms. The van der Waals surface area contributed by atoms with E-state index in [1.165, 1.54) is 13.2 Å². The molecule has 0 bridgehead atoms. The number of anilines is 3. The fourth-order valence-electron chi connectivity index (χ4n) is 3.52. The largest absolute Gasteiger partial charge is 0.468 e. The highest BCUT2D eigenvalue weighted by Crippen LogP contribution is 2.25. The van der Waals surface area contributed by atoms with Crippen LogP contribution < -0.4 is 15.5 Å². The van der Waals surface area contributed by atoms with E-state index in [1.807, 2.05) is 36.9 Å². The number of methoxy groups -OCH3 is 1. The SMILES string of the molecule is COC(=O)CNc1cc(C(=O)Nc2ccc3[nH]c(C)c(C)c3c2)nc(N2CCOCC2)n1. The summed E-state index contributed by atoms with van der Waals surface area (Å²) in [5.74, 6) is -0.0363. The van der Waals surface area contributed by atoms with E-state index in [9.17, 15) is 9.59 Å². The Morgan fingerprint density at radius 1 is 1.19 bits per heavy atom. The highest BCUT2D eigenvalue weighted by Gasteiger charge is 2.19. The van der Waals surface area contributed by atoms with Gasteiger partial charge in [0.05, 0.1) is 20.3 Å². The second-order valence-electron chi connectivity index (χ2n) is 7.56. The summed E-state index contributed by atoms with van der Waals surface area (Å²) < 4.78 is 10.1. The van der Waals surface area contributed by atoms with Gasteiger partial charge in [-0.1, -0.05) is 0 Å². The Bertz CT molecular complexity index is 1150. The Morgan fingerprint density at radius 2 is 1.97 bits per heavy atom. The van der Waals surface area contributed by atoms with Crippen LogP contribution in [-0.4, -0.2) is 66.8 Å². The number of ether oxygens (including phenoxy) is 2. The third-order valence-electron chi connectivity index (χ3n) is 5.45. The zero-order valence-corrected chi connectivity index (χ0v) is 18.3. The van der Waals surface area contributed by atoms with Crippen molar-refractivity contribution in [3.8, 4) is 0 Å². The first-order chi connectivity index (χ1) is 15.4. The van der Waals surface area contributed by atoms with Crippen LogP contribution in [0.15, 0.2) is 24.3 Å². The third kappa shape index (κ3) is 4.65. The number of rotatable bonds is 6. The van der Waals surface area contributed by atoms with Crippen LogP contribution >= 0.6 is 0 Å². The molecule has 0 saturated carbocycles. The average molecular weight is 438 g/mol. The molecular weight excluding hydrogens is 412 g/mol. The van der Waals surface area contributed by atoms with Crippen LogP contribution in [0.5, 0.6) is 0 Å². The molecule has 1 aliphatic heterocycles. The smallest absolute Gasteiger partial charge is 0.325 e. The lowest BCUT2D eigenvalue weighted by molar-refractivity contribution is -0.138. The van der Waals surface area contributed by atoms with E-state index in [2.05, 4.69) is 30.3 Å². The number of fused-ring (bicyclic) bond motifs is 1. The second-order valence-corrected chi connectivity index (χ2v) is 7.56. The Balaban J connectivity index is 1.60. The number of amides is 1. The first-order valence-electron chi connectivity index (χ1n) is 10.4. The van der Waals surface area contributed by atoms with Gasteiger partial charge >= 0.3 is 5.97 Å². The van der Waals surface area contributed by atoms with Gasteiger partial charge in [0.25, 0.3) is 5.91 Å². The highest BCUT2D eigenvalue weighted by molar-refractivity contribution is 6.04. The molecule has 1 aromatic carbocycles. The van der Waals surface area contributed by atoms with E-state index in [1.54, 1.807) is 0 Å². The van der Waals surface area contributed by atoms with Crippen molar-refractivity contribution >= 4 is 40.2 Å². The predicted octanol–water partition coefficient (Wildman–Crippen LogP) is 2.25. The Kier molecular flexibility index (Phi) is 6.22. The summed E-state index contributed by atoms with van der Waals surface area (Å²) in [6.45, 7) is 6.33. The van der Waals surface area contributed by atoms with E-state index in [0.29, 0.717) is 43.8 Å². The number of H-pyrrole nitrogens is 1. The van der Waals surface area contributed by atoms with Crippen LogP contribution in [0.2, 0.25) is 0 Å². The van der Waals surface area contributed by atoms with Crippen molar-refractivity contribution in [3.05, 3.63) is 41.2 Å². The maximum absolute atomic E-state index is 13.1. The van der Waals surface area contributed by atoms with Crippen LogP contribution in [0, 0.1) is 13.8 Å². The number of esters is 1. The quantitative estimate of drug-likeness (QED) is 0.501. The van der Waals surface area contributed by atoms with E-state index in [4.69, 9.17) is 4.74 Å². The van der Waals surface area contributed by atoms with Gasteiger partial charge in [-0.3, -0.25) is 9.59 Å². The van der Waals surface area contributed by atoms with E-state index in [0.717, 1.165) is 22.2 Å². The van der Waals surface area contributed by atoms with Crippen molar-refractivity contribution < 1.29 is 19.1 Å². The van der Waals surface area contributed by atoms with E-state index < -0.39 is 5.97 Å². The molecule has 3 heterocycles. The Morgan fingerprint density at radius 3 is 2.72 bits per heavy atom. The molecule has 1 aliphatic rings. The molecule has 1 fully saturated rings. The number of nitrogens with zero attached hydrogens (tertiary/aromatic N) is 3. The molecule has 10 nitrogen and oxygen atoms in total. The molecule has 1 saturated heterocycles. The normalized spacial score (nSPS) is 13.8. The zero-order chi connectivity index (χ0) is 22.7. The van der Waals surface area contributed by atoms with Gasteiger partial charge in [-0.25, -0.2) is 4.98 Å². The fraction of sp³-hybridized carbons (Fsp3) is 0.364. The van der Waals surface area contributed by atoms with Crippen LogP contribution in [0.4, 0.5) is 17.5 Å². The molecule has 0 atom stereocenters. The molecule has 32 heavy (non-hydrogen) atoms. The van der Waals surface area contributed by atoms with E-state index in [-0.39, 0.29) is 18.1 Å². The summed E-state index contributed by atoms with van der Waals surface area (Å²) in [6.07, 6.45) is 0. The van der Waals surface area contributed by atoms with Crippen molar-refractivity contribution in [1.82, 2.24) is 15.0 Å². The van der Waals surface area contributed by atoms with Crippen LogP contribution in [0.1, 0.15) is 21.7 Å². The molecule has 0 radical (unpaired) electrons. The number of hydrogen-bond acceptors (Lipinski definition) is 8. The number of carbonyl (C=O) groups excluding carboxylic acids is 2. The van der Waals surface area contributed by atoms with Gasteiger partial charge in [-0.15, -0.1) is 0 Å². The number of morpholine rings is 1. The maximum Gasteiger partial charge on any atom is 0.325 e. The van der Waals surface area contributed by atoms with Gasteiger partial charge < -0.3 is 30.0 Å². The summed E-state index contributed by atoms with van der Waals surface area (Å²) in [6, 6.07) is 7.24. The summed E-state index contributed by atoms with van der Waals surface area (Å²) >= 11 is 0. The minimum atomic E-state index is -0.437. The summed E-state index contributed by atoms with van der Waals surface area (Å²) in [5.41, 5.74) is 4.11. The lowest BCUT2D eigenvalue weighted by Gasteiger charge is -2.27. The number of aryl methyl sites for hydroxylation is 2. The first kappa shape index (κ1) is 21.6. The number of nitrogens with one attached hydrogen (secondary N) is 3. The number of benzene rings is 1. The molecule has 2 aromatic heterocycles. The van der Waals surface area contributed by atoms with Crippen molar-refractivity contribution in [3.63, 3.8) is 0 Å². The average Bonchev–Trinajstić information content (AvgIpc) is 3.10. The number of carbonyl (C=O) groups is 2. The van der Waals surface area contributed by atoms with Crippen LogP contribution in [0.25, 0.3) is 10.9 Å². The molecule has 1 amide bonds. The standard InChI is InChI=1S/C22H26N6O4/c1-13-14(2)24-17-5-4-15(10-16(13)17)25-21(30)18-11-19(23-12-20(29)31-3)27-22(26-18)28-6-8-32-9-7-28/h4-5,10-11,24H,6-9,12H2,1-3H3,(H,25,30)(H,23,26,27). The van der Waals surface area contributed by atoms with Gasteiger partial charge in [0.15, 0.2) is 0 Å². The van der Waals surface area contributed by atoms with Crippen molar-refractivity contribution in [2.75, 3.05) is 55.5 Å². The summed E-state index contributed by atoms with van der Waals surface area (Å²) in [4.78, 5) is 38.8. The van der Waals surface area contributed by atoms with Gasteiger partial charge in [0, 0.05) is 41.4 Å². The highest BCUT2D eigenvalue weighted by atomic mass is 16.5. The molecule has 3 aromatic rings. The fourth-order valence-corrected chi connectivity index (χ4v) is 3.52. The Hall–Kier alpha value is -3.66. The summed E-state index contributed by atoms with van der Waals surface area (Å²) in [7, 11) is 1.31. The number of hydrogen-bond donors (Lipinski definition) is 3. The van der Waals surface area contributed by atoms with Gasteiger partial charge in [0.1, 0.15) is 18.1 Å². The number of aromatic amines is 1. The van der Waals surface area contributed by atoms with Gasteiger partial charge in [-0.2, -0.15) is 4.98 Å². The van der Waals surface area contributed by atoms with Crippen molar-refractivity contribution in [2.45, 2.75) is 13.8 Å². The lowest BCUT2D eigenvalue weighted by Crippen LogP contribution is -2.37. The molecule has 0 aliphatic carbocycles. The van der Waals surface area contributed by atoms with Crippen molar-refractivity contribution in [2.24, 2.45) is 0 Å². The molecule has 0 unspecified atom stereocenters.